The lowest BCUT2D eigenvalue weighted by atomic mass is 9.98. The van der Waals surface area contributed by atoms with Gasteiger partial charge in [0.15, 0.2) is 11.5 Å². The minimum atomic E-state index is -0.481. The van der Waals surface area contributed by atoms with E-state index in [1.807, 2.05) is 30.3 Å². The zero-order valence-corrected chi connectivity index (χ0v) is 15.4. The van der Waals surface area contributed by atoms with Gasteiger partial charge in [-0.15, -0.1) is 0 Å². The topological polar surface area (TPSA) is 101 Å². The van der Waals surface area contributed by atoms with Gasteiger partial charge >= 0.3 is 6.03 Å². The van der Waals surface area contributed by atoms with Crippen LogP contribution in [-0.4, -0.2) is 34.9 Å². The van der Waals surface area contributed by atoms with E-state index in [2.05, 4.69) is 10.3 Å². The molecule has 1 unspecified atom stereocenters. The largest absolute Gasteiger partial charge is 0.440 e. The molecule has 0 radical (unpaired) electrons. The van der Waals surface area contributed by atoms with Gasteiger partial charge in [0.1, 0.15) is 5.52 Å². The first kappa shape index (κ1) is 18.0. The van der Waals surface area contributed by atoms with Crippen LogP contribution in [-0.2, 0) is 6.54 Å². The van der Waals surface area contributed by atoms with E-state index in [4.69, 9.17) is 10.2 Å². The van der Waals surface area contributed by atoms with Crippen molar-refractivity contribution >= 4 is 23.0 Å². The zero-order chi connectivity index (χ0) is 19.5. The Morgan fingerprint density at radius 3 is 2.89 bits per heavy atom. The summed E-state index contributed by atoms with van der Waals surface area (Å²) in [6.07, 6.45) is 1.84. The molecule has 144 valence electrons. The molecule has 0 spiro atoms. The number of oxazole rings is 1. The lowest BCUT2D eigenvalue weighted by Gasteiger charge is -2.31. The molecule has 0 aliphatic carbocycles. The fourth-order valence-corrected chi connectivity index (χ4v) is 3.55. The summed E-state index contributed by atoms with van der Waals surface area (Å²) >= 11 is 0. The van der Waals surface area contributed by atoms with Gasteiger partial charge in [0.2, 0.25) is 5.91 Å². The summed E-state index contributed by atoms with van der Waals surface area (Å²) in [6, 6.07) is 14.5. The third-order valence-corrected chi connectivity index (χ3v) is 5.02. The Labute approximate surface area is 162 Å². The Bertz CT molecular complexity index is 981. The fourth-order valence-electron chi connectivity index (χ4n) is 3.55. The van der Waals surface area contributed by atoms with Gasteiger partial charge in [-0.05, 0) is 42.7 Å². The van der Waals surface area contributed by atoms with Crippen LogP contribution in [0.1, 0.15) is 40.6 Å². The van der Waals surface area contributed by atoms with Crippen molar-refractivity contribution in [2.75, 3.05) is 13.1 Å². The van der Waals surface area contributed by atoms with E-state index in [9.17, 15) is 9.59 Å². The van der Waals surface area contributed by atoms with Gasteiger partial charge in [-0.1, -0.05) is 24.3 Å². The summed E-state index contributed by atoms with van der Waals surface area (Å²) in [4.78, 5) is 30.3. The van der Waals surface area contributed by atoms with Crippen LogP contribution in [0.15, 0.2) is 52.9 Å². The van der Waals surface area contributed by atoms with Gasteiger partial charge in [-0.25, -0.2) is 9.78 Å². The molecule has 4 rings (SSSR count). The molecule has 28 heavy (non-hydrogen) atoms. The molecule has 0 saturated carbocycles. The predicted molar refractivity (Wildman–Crippen MR) is 105 cm³/mol. The number of aromatic nitrogens is 1. The van der Waals surface area contributed by atoms with Crippen molar-refractivity contribution < 1.29 is 14.0 Å². The molecule has 7 heteroatoms. The molecule has 1 aliphatic heterocycles. The van der Waals surface area contributed by atoms with Gasteiger partial charge in [0.25, 0.3) is 0 Å². The van der Waals surface area contributed by atoms with Crippen LogP contribution in [0.4, 0.5) is 4.79 Å². The summed E-state index contributed by atoms with van der Waals surface area (Å²) < 4.78 is 5.89. The smallest absolute Gasteiger partial charge is 0.317 e. The second-order valence-electron chi connectivity index (χ2n) is 7.03. The lowest BCUT2D eigenvalue weighted by molar-refractivity contribution is 0.1000. The van der Waals surface area contributed by atoms with E-state index in [0.29, 0.717) is 31.1 Å². The average Bonchev–Trinajstić information content (AvgIpc) is 3.16. The quantitative estimate of drug-likeness (QED) is 0.728. The Morgan fingerprint density at radius 2 is 2.07 bits per heavy atom. The summed E-state index contributed by atoms with van der Waals surface area (Å²) in [6.45, 7) is 1.61. The number of carbonyl (C=O) groups is 2. The van der Waals surface area contributed by atoms with E-state index >= 15 is 0 Å². The van der Waals surface area contributed by atoms with Crippen LogP contribution in [0.25, 0.3) is 11.1 Å². The number of nitrogens with zero attached hydrogens (tertiary/aromatic N) is 2. The molecule has 1 saturated heterocycles. The molecule has 2 aromatic carbocycles. The average molecular weight is 378 g/mol. The zero-order valence-electron chi connectivity index (χ0n) is 15.4. The van der Waals surface area contributed by atoms with Crippen molar-refractivity contribution in [3.8, 4) is 0 Å². The molecule has 3 amide bonds. The number of para-hydroxylation sites is 2. The molecular weight excluding hydrogens is 356 g/mol. The molecule has 3 N–H and O–H groups in total. The monoisotopic (exact) mass is 378 g/mol. The highest BCUT2D eigenvalue weighted by Gasteiger charge is 2.28. The van der Waals surface area contributed by atoms with E-state index in [-0.39, 0.29) is 11.9 Å². The van der Waals surface area contributed by atoms with E-state index in [0.717, 1.165) is 29.5 Å². The molecule has 1 aromatic heterocycles. The SMILES string of the molecule is NC(=O)c1cccc(CNC(=O)N2CCCC(c3nc4ccccc4o3)C2)c1. The first-order valence-corrected chi connectivity index (χ1v) is 9.37. The number of benzene rings is 2. The summed E-state index contributed by atoms with van der Waals surface area (Å²) in [5.74, 6) is 0.295. The third-order valence-electron chi connectivity index (χ3n) is 5.02. The van der Waals surface area contributed by atoms with Gasteiger partial charge in [-0.2, -0.15) is 0 Å². The van der Waals surface area contributed by atoms with Crippen LogP contribution in [0.2, 0.25) is 0 Å². The van der Waals surface area contributed by atoms with E-state index in [1.54, 1.807) is 23.1 Å². The predicted octanol–water partition coefficient (Wildman–Crippen LogP) is 3.02. The van der Waals surface area contributed by atoms with Crippen molar-refractivity contribution in [2.45, 2.75) is 25.3 Å². The van der Waals surface area contributed by atoms with Crippen LogP contribution >= 0.6 is 0 Å². The van der Waals surface area contributed by atoms with Crippen LogP contribution in [0, 0.1) is 0 Å². The van der Waals surface area contributed by atoms with Gasteiger partial charge in [-0.3, -0.25) is 4.79 Å². The van der Waals surface area contributed by atoms with Crippen molar-refractivity contribution in [2.24, 2.45) is 5.73 Å². The number of nitrogens with one attached hydrogen (secondary N) is 1. The minimum absolute atomic E-state index is 0.0880. The maximum atomic E-state index is 12.6. The van der Waals surface area contributed by atoms with E-state index in [1.165, 1.54) is 0 Å². The fraction of sp³-hybridized carbons (Fsp3) is 0.286. The summed E-state index contributed by atoms with van der Waals surface area (Å²) in [5.41, 5.74) is 8.18. The minimum Gasteiger partial charge on any atom is -0.440 e. The number of carbonyl (C=O) groups excluding carboxylic acids is 2. The second kappa shape index (κ2) is 7.72. The Balaban J connectivity index is 1.39. The molecule has 1 aliphatic rings. The number of nitrogens with two attached hydrogens (primary N) is 1. The first-order valence-electron chi connectivity index (χ1n) is 9.37. The molecule has 1 atom stereocenters. The molecule has 7 nitrogen and oxygen atoms in total. The van der Waals surface area contributed by atoms with Crippen molar-refractivity contribution in [1.29, 1.82) is 0 Å². The standard InChI is InChI=1S/C21H22N4O3/c22-19(26)15-6-3-5-14(11-15)12-23-21(27)25-10-4-7-16(13-25)20-24-17-8-1-2-9-18(17)28-20/h1-3,5-6,8-9,11,16H,4,7,10,12-13H2,(H2,22,26)(H,23,27). The molecule has 2 heterocycles. The number of hydrogen-bond acceptors (Lipinski definition) is 4. The molecule has 3 aromatic rings. The highest BCUT2D eigenvalue weighted by molar-refractivity contribution is 5.92. The van der Waals surface area contributed by atoms with Crippen molar-refractivity contribution in [3.63, 3.8) is 0 Å². The molecule has 0 bridgehead atoms. The summed E-state index contributed by atoms with van der Waals surface area (Å²) in [7, 11) is 0. The summed E-state index contributed by atoms with van der Waals surface area (Å²) in [5, 5.41) is 2.92. The number of hydrogen-bond donors (Lipinski definition) is 2. The number of piperidine rings is 1. The number of fused-ring (bicyclic) bond motifs is 1. The number of urea groups is 1. The Hall–Kier alpha value is -3.35. The van der Waals surface area contributed by atoms with Crippen LogP contribution in [0.5, 0.6) is 0 Å². The van der Waals surface area contributed by atoms with Gasteiger partial charge in [0.05, 0.1) is 5.92 Å². The van der Waals surface area contributed by atoms with Crippen molar-refractivity contribution in [3.05, 3.63) is 65.5 Å². The first-order chi connectivity index (χ1) is 13.6. The highest BCUT2D eigenvalue weighted by atomic mass is 16.3. The van der Waals surface area contributed by atoms with Gasteiger partial charge < -0.3 is 20.4 Å². The second-order valence-corrected chi connectivity index (χ2v) is 7.03. The normalized spacial score (nSPS) is 16.9. The van der Waals surface area contributed by atoms with E-state index < -0.39 is 5.91 Å². The number of amides is 3. The van der Waals surface area contributed by atoms with Gasteiger partial charge in [0, 0.05) is 25.2 Å². The Kier molecular flexibility index (Phi) is 4.97. The van der Waals surface area contributed by atoms with Crippen LogP contribution in [0.3, 0.4) is 0 Å². The van der Waals surface area contributed by atoms with Crippen LogP contribution < -0.4 is 11.1 Å². The Morgan fingerprint density at radius 1 is 1.21 bits per heavy atom. The third kappa shape index (κ3) is 3.83. The molecular formula is C21H22N4O3. The number of likely N-dealkylation sites (tertiary alicyclic amines) is 1. The van der Waals surface area contributed by atoms with Crippen molar-refractivity contribution in [1.82, 2.24) is 15.2 Å². The lowest BCUT2D eigenvalue weighted by Crippen LogP contribution is -2.44. The number of primary amides is 1. The molecule has 1 fully saturated rings. The maximum absolute atomic E-state index is 12.6. The highest BCUT2D eigenvalue weighted by Crippen LogP contribution is 2.29. The number of rotatable bonds is 4. The maximum Gasteiger partial charge on any atom is 0.317 e.